The van der Waals surface area contributed by atoms with E-state index < -0.39 is 29.3 Å². The van der Waals surface area contributed by atoms with Crippen LogP contribution in [0.1, 0.15) is 35.8 Å². The molecular weight excluding hydrogens is 289 g/mol. The highest BCUT2D eigenvalue weighted by molar-refractivity contribution is 5.98. The number of rotatable bonds is 2. The van der Waals surface area contributed by atoms with Crippen LogP contribution in [0.25, 0.3) is 0 Å². The fraction of sp³-hybridized carbons (Fsp3) is 0.462. The maximum atomic E-state index is 12.4. The maximum absolute atomic E-state index is 12.4. The molecule has 2 heterocycles. The van der Waals surface area contributed by atoms with Crippen LogP contribution in [-0.4, -0.2) is 39.0 Å². The third-order valence-corrected chi connectivity index (χ3v) is 3.65. The van der Waals surface area contributed by atoms with Crippen molar-refractivity contribution in [3.05, 3.63) is 29.6 Å². The number of nitrogens with zero attached hydrogens (tertiary/aromatic N) is 2. The van der Waals surface area contributed by atoms with Crippen molar-refractivity contribution in [1.82, 2.24) is 9.88 Å². The summed E-state index contributed by atoms with van der Waals surface area (Å²) in [6.07, 6.45) is -2.92. The summed E-state index contributed by atoms with van der Waals surface area (Å²) in [6, 6.07) is 1.72. The van der Waals surface area contributed by atoms with Crippen molar-refractivity contribution in [2.24, 2.45) is 0 Å². The van der Waals surface area contributed by atoms with Crippen LogP contribution in [0, 0.1) is 0 Å². The minimum atomic E-state index is -4.58. The number of alkyl halides is 3. The van der Waals surface area contributed by atoms with E-state index in [2.05, 4.69) is 4.98 Å². The SMILES string of the molecule is CC1(C(=O)O)CCCN1C(=O)c1ccc(C(F)(F)F)nc1. The Kier molecular flexibility index (Phi) is 3.65. The number of amides is 1. The van der Waals surface area contributed by atoms with E-state index in [0.29, 0.717) is 18.9 Å². The molecule has 5 nitrogen and oxygen atoms in total. The normalized spacial score (nSPS) is 22.4. The standard InChI is InChI=1S/C13H13F3N2O3/c1-12(11(20)21)5-2-6-18(12)10(19)8-3-4-9(17-7-8)13(14,15)16/h3-4,7H,2,5-6H2,1H3,(H,20,21). The molecule has 114 valence electrons. The Morgan fingerprint density at radius 2 is 2.05 bits per heavy atom. The van der Waals surface area contributed by atoms with Crippen molar-refractivity contribution < 1.29 is 27.9 Å². The second-order valence-electron chi connectivity index (χ2n) is 5.07. The van der Waals surface area contributed by atoms with Gasteiger partial charge in [-0.25, -0.2) is 4.79 Å². The number of halogens is 3. The first-order chi connectivity index (χ1) is 9.66. The van der Waals surface area contributed by atoms with Gasteiger partial charge in [-0.2, -0.15) is 13.2 Å². The molecule has 1 aliphatic heterocycles. The number of carboxylic acids is 1. The molecule has 1 aromatic rings. The summed E-state index contributed by atoms with van der Waals surface area (Å²) < 4.78 is 37.2. The van der Waals surface area contributed by atoms with Gasteiger partial charge < -0.3 is 10.0 Å². The fourth-order valence-electron chi connectivity index (χ4n) is 2.36. The first-order valence-corrected chi connectivity index (χ1v) is 6.25. The number of hydrogen-bond acceptors (Lipinski definition) is 3. The van der Waals surface area contributed by atoms with Gasteiger partial charge in [0.15, 0.2) is 0 Å². The third-order valence-electron chi connectivity index (χ3n) is 3.65. The van der Waals surface area contributed by atoms with Crippen LogP contribution in [0.4, 0.5) is 13.2 Å². The van der Waals surface area contributed by atoms with E-state index in [4.69, 9.17) is 0 Å². The molecule has 21 heavy (non-hydrogen) atoms. The molecule has 1 N–H and O–H groups in total. The average Bonchev–Trinajstić information content (AvgIpc) is 2.80. The first-order valence-electron chi connectivity index (χ1n) is 6.25. The topological polar surface area (TPSA) is 70.5 Å². The minimum Gasteiger partial charge on any atom is -0.480 e. The quantitative estimate of drug-likeness (QED) is 0.909. The number of pyridine rings is 1. The summed E-state index contributed by atoms with van der Waals surface area (Å²) >= 11 is 0. The van der Waals surface area contributed by atoms with Crippen molar-refractivity contribution >= 4 is 11.9 Å². The second kappa shape index (κ2) is 5.01. The monoisotopic (exact) mass is 302 g/mol. The molecule has 0 spiro atoms. The highest BCUT2D eigenvalue weighted by Gasteiger charge is 2.46. The van der Waals surface area contributed by atoms with Gasteiger partial charge in [-0.15, -0.1) is 0 Å². The second-order valence-corrected chi connectivity index (χ2v) is 5.07. The Labute approximate surface area is 118 Å². The molecule has 1 saturated heterocycles. The molecule has 2 rings (SSSR count). The van der Waals surface area contributed by atoms with Gasteiger partial charge in [0, 0.05) is 12.7 Å². The largest absolute Gasteiger partial charge is 0.480 e. The summed E-state index contributed by atoms with van der Waals surface area (Å²) in [7, 11) is 0. The van der Waals surface area contributed by atoms with E-state index in [9.17, 15) is 27.9 Å². The highest BCUT2D eigenvalue weighted by atomic mass is 19.4. The number of hydrogen-bond donors (Lipinski definition) is 1. The summed E-state index contributed by atoms with van der Waals surface area (Å²) in [5.41, 5.74) is -2.49. The van der Waals surface area contributed by atoms with Crippen LogP contribution in [-0.2, 0) is 11.0 Å². The average molecular weight is 302 g/mol. The van der Waals surface area contributed by atoms with E-state index in [1.54, 1.807) is 0 Å². The molecular formula is C13H13F3N2O3. The van der Waals surface area contributed by atoms with Crippen LogP contribution >= 0.6 is 0 Å². The van der Waals surface area contributed by atoms with Gasteiger partial charge in [0.1, 0.15) is 11.2 Å². The lowest BCUT2D eigenvalue weighted by Gasteiger charge is -2.31. The predicted molar refractivity (Wildman–Crippen MR) is 65.6 cm³/mol. The molecule has 1 aromatic heterocycles. The lowest BCUT2D eigenvalue weighted by molar-refractivity contribution is -0.147. The molecule has 0 saturated carbocycles. The van der Waals surface area contributed by atoms with Gasteiger partial charge >= 0.3 is 12.1 Å². The maximum Gasteiger partial charge on any atom is 0.433 e. The smallest absolute Gasteiger partial charge is 0.433 e. The van der Waals surface area contributed by atoms with Crippen molar-refractivity contribution in [3.8, 4) is 0 Å². The van der Waals surface area contributed by atoms with Crippen LogP contribution in [0.2, 0.25) is 0 Å². The lowest BCUT2D eigenvalue weighted by atomic mass is 9.99. The lowest BCUT2D eigenvalue weighted by Crippen LogP contribution is -2.50. The number of carboxylic acid groups (broad SMARTS) is 1. The molecule has 1 unspecified atom stereocenters. The number of carbonyl (C=O) groups is 2. The van der Waals surface area contributed by atoms with Crippen LogP contribution < -0.4 is 0 Å². The van der Waals surface area contributed by atoms with Gasteiger partial charge in [0.25, 0.3) is 5.91 Å². The van der Waals surface area contributed by atoms with Crippen LogP contribution in [0.3, 0.4) is 0 Å². The van der Waals surface area contributed by atoms with E-state index in [1.807, 2.05) is 0 Å². The van der Waals surface area contributed by atoms with Crippen molar-refractivity contribution in [2.45, 2.75) is 31.5 Å². The van der Waals surface area contributed by atoms with E-state index in [-0.39, 0.29) is 12.1 Å². The van der Waals surface area contributed by atoms with Crippen molar-refractivity contribution in [2.75, 3.05) is 6.54 Å². The predicted octanol–water partition coefficient (Wildman–Crippen LogP) is 2.18. The van der Waals surface area contributed by atoms with Crippen LogP contribution in [0.5, 0.6) is 0 Å². The number of carbonyl (C=O) groups excluding carboxylic acids is 1. The summed E-state index contributed by atoms with van der Waals surface area (Å²) in [5, 5.41) is 9.23. The molecule has 0 aromatic carbocycles. The Balaban J connectivity index is 2.26. The Bertz CT molecular complexity index is 571. The fourth-order valence-corrected chi connectivity index (χ4v) is 2.36. The van der Waals surface area contributed by atoms with Crippen molar-refractivity contribution in [3.63, 3.8) is 0 Å². The van der Waals surface area contributed by atoms with E-state index >= 15 is 0 Å². The van der Waals surface area contributed by atoms with E-state index in [0.717, 1.165) is 12.3 Å². The minimum absolute atomic E-state index is 0.0580. The zero-order chi connectivity index (χ0) is 15.8. The van der Waals surface area contributed by atoms with Gasteiger partial charge in [0.05, 0.1) is 5.56 Å². The molecule has 1 atom stereocenters. The zero-order valence-corrected chi connectivity index (χ0v) is 11.1. The Morgan fingerprint density at radius 3 is 2.52 bits per heavy atom. The highest BCUT2D eigenvalue weighted by Crippen LogP contribution is 2.31. The first kappa shape index (κ1) is 15.3. The summed E-state index contributed by atoms with van der Waals surface area (Å²) in [6.45, 7) is 1.68. The zero-order valence-electron chi connectivity index (χ0n) is 11.1. The molecule has 0 bridgehead atoms. The summed E-state index contributed by atoms with van der Waals surface area (Å²) in [5.74, 6) is -1.76. The Morgan fingerprint density at radius 1 is 1.38 bits per heavy atom. The molecule has 0 aliphatic carbocycles. The number of aromatic nitrogens is 1. The van der Waals surface area contributed by atoms with Crippen LogP contribution in [0.15, 0.2) is 18.3 Å². The molecule has 1 fully saturated rings. The van der Waals surface area contributed by atoms with Crippen molar-refractivity contribution in [1.29, 1.82) is 0 Å². The van der Waals surface area contributed by atoms with E-state index in [1.165, 1.54) is 11.8 Å². The third kappa shape index (κ3) is 2.70. The number of likely N-dealkylation sites (tertiary alicyclic amines) is 1. The Hall–Kier alpha value is -2.12. The molecule has 1 amide bonds. The van der Waals surface area contributed by atoms with Gasteiger partial charge in [-0.05, 0) is 31.9 Å². The van der Waals surface area contributed by atoms with Gasteiger partial charge in [0.2, 0.25) is 0 Å². The van der Waals surface area contributed by atoms with Gasteiger partial charge in [-0.1, -0.05) is 0 Å². The van der Waals surface area contributed by atoms with Gasteiger partial charge in [-0.3, -0.25) is 9.78 Å². The molecule has 0 radical (unpaired) electrons. The molecule has 1 aliphatic rings. The summed E-state index contributed by atoms with van der Waals surface area (Å²) in [4.78, 5) is 27.9. The molecule has 8 heteroatoms. The number of aliphatic carboxylic acids is 1.